The molecule has 1 heterocycles. The molecule has 6 heteroatoms. The average Bonchev–Trinajstić information content (AvgIpc) is 2.51. The van der Waals surface area contributed by atoms with E-state index in [1.54, 1.807) is 0 Å². The highest BCUT2D eigenvalue weighted by molar-refractivity contribution is 5.75. The van der Waals surface area contributed by atoms with Crippen molar-refractivity contribution < 1.29 is 24.3 Å². The average molecular weight is 175 g/mol. The van der Waals surface area contributed by atoms with Crippen LogP contribution >= 0.6 is 0 Å². The van der Waals surface area contributed by atoms with Gasteiger partial charge >= 0.3 is 12.1 Å². The SMILES string of the molecule is COC(=O)C1CCN(C(=O)O)O1. The molecule has 0 saturated carbocycles. The first-order valence-corrected chi connectivity index (χ1v) is 3.40. The third-order valence-corrected chi connectivity index (χ3v) is 1.53. The van der Waals surface area contributed by atoms with Gasteiger partial charge in [-0.2, -0.15) is 5.06 Å². The van der Waals surface area contributed by atoms with Gasteiger partial charge in [0.05, 0.1) is 13.7 Å². The Bertz CT molecular complexity index is 204. The summed E-state index contributed by atoms with van der Waals surface area (Å²) in [5.41, 5.74) is 0. The van der Waals surface area contributed by atoms with E-state index >= 15 is 0 Å². The van der Waals surface area contributed by atoms with Crippen molar-refractivity contribution in [1.82, 2.24) is 5.06 Å². The van der Waals surface area contributed by atoms with Crippen molar-refractivity contribution in [2.24, 2.45) is 0 Å². The molecular formula is C6H9NO5. The van der Waals surface area contributed by atoms with Crippen LogP contribution in [0.1, 0.15) is 6.42 Å². The van der Waals surface area contributed by atoms with Crippen LogP contribution in [0.5, 0.6) is 0 Å². The van der Waals surface area contributed by atoms with Gasteiger partial charge < -0.3 is 9.84 Å². The van der Waals surface area contributed by atoms with Crippen LogP contribution in [0.3, 0.4) is 0 Å². The zero-order chi connectivity index (χ0) is 9.14. The first kappa shape index (κ1) is 8.79. The van der Waals surface area contributed by atoms with Gasteiger partial charge in [-0.25, -0.2) is 9.59 Å². The topological polar surface area (TPSA) is 76.1 Å². The normalized spacial score (nSPS) is 22.4. The molecule has 0 aromatic heterocycles. The van der Waals surface area contributed by atoms with Crippen molar-refractivity contribution in [2.45, 2.75) is 12.5 Å². The quantitative estimate of drug-likeness (QED) is 0.560. The Kier molecular flexibility index (Phi) is 2.49. The number of hydrogen-bond donors (Lipinski definition) is 1. The second-order valence-corrected chi connectivity index (χ2v) is 2.29. The Morgan fingerprint density at radius 1 is 1.67 bits per heavy atom. The standard InChI is InChI=1S/C6H9NO5/c1-11-5(8)4-2-3-7(12-4)6(9)10/h4H,2-3H2,1H3,(H,9,10). The molecule has 1 atom stereocenters. The van der Waals surface area contributed by atoms with E-state index in [9.17, 15) is 9.59 Å². The maximum absolute atomic E-state index is 10.8. The highest BCUT2D eigenvalue weighted by Gasteiger charge is 2.33. The number of ether oxygens (including phenoxy) is 1. The number of hydrogen-bond acceptors (Lipinski definition) is 4. The number of esters is 1. The molecule has 0 aromatic carbocycles. The number of methoxy groups -OCH3 is 1. The molecule has 1 fully saturated rings. The molecule has 1 N–H and O–H groups in total. The van der Waals surface area contributed by atoms with Gasteiger partial charge in [0.15, 0.2) is 6.10 Å². The highest BCUT2D eigenvalue weighted by atomic mass is 16.7. The first-order chi connectivity index (χ1) is 5.65. The Morgan fingerprint density at radius 3 is 2.75 bits per heavy atom. The number of carboxylic acid groups (broad SMARTS) is 1. The van der Waals surface area contributed by atoms with Gasteiger partial charge in [0, 0.05) is 6.42 Å². The molecule has 6 nitrogen and oxygen atoms in total. The van der Waals surface area contributed by atoms with Gasteiger partial charge in [-0.05, 0) is 0 Å². The number of hydroxylamine groups is 2. The molecule has 1 aliphatic rings. The number of rotatable bonds is 1. The van der Waals surface area contributed by atoms with E-state index in [2.05, 4.69) is 4.74 Å². The van der Waals surface area contributed by atoms with E-state index in [-0.39, 0.29) is 6.54 Å². The molecule has 1 saturated heterocycles. The van der Waals surface area contributed by atoms with Gasteiger partial charge in [-0.1, -0.05) is 0 Å². The smallest absolute Gasteiger partial charge is 0.431 e. The summed E-state index contributed by atoms with van der Waals surface area (Å²) in [5.74, 6) is -0.543. The second-order valence-electron chi connectivity index (χ2n) is 2.29. The predicted molar refractivity (Wildman–Crippen MR) is 36.2 cm³/mol. The van der Waals surface area contributed by atoms with Gasteiger partial charge in [0.25, 0.3) is 0 Å². The van der Waals surface area contributed by atoms with Crippen LogP contribution in [0.15, 0.2) is 0 Å². The van der Waals surface area contributed by atoms with Crippen molar-refractivity contribution in [3.8, 4) is 0 Å². The van der Waals surface area contributed by atoms with Crippen LogP contribution in [-0.4, -0.2) is 42.0 Å². The van der Waals surface area contributed by atoms with Crippen LogP contribution in [0.2, 0.25) is 0 Å². The summed E-state index contributed by atoms with van der Waals surface area (Å²) in [4.78, 5) is 25.9. The predicted octanol–water partition coefficient (Wildman–Crippen LogP) is -0.157. The van der Waals surface area contributed by atoms with E-state index in [0.29, 0.717) is 6.42 Å². The fourth-order valence-corrected chi connectivity index (χ4v) is 0.927. The van der Waals surface area contributed by atoms with Crippen LogP contribution < -0.4 is 0 Å². The molecule has 12 heavy (non-hydrogen) atoms. The van der Waals surface area contributed by atoms with Gasteiger partial charge in [0.2, 0.25) is 0 Å². The summed E-state index contributed by atoms with van der Waals surface area (Å²) in [6.07, 6.45) is -1.62. The first-order valence-electron chi connectivity index (χ1n) is 3.40. The number of carbonyl (C=O) groups excluding carboxylic acids is 1. The van der Waals surface area contributed by atoms with E-state index in [0.717, 1.165) is 5.06 Å². The minimum Gasteiger partial charge on any atom is -0.467 e. The van der Waals surface area contributed by atoms with Crippen molar-refractivity contribution in [1.29, 1.82) is 0 Å². The van der Waals surface area contributed by atoms with Crippen molar-refractivity contribution >= 4 is 12.1 Å². The molecule has 1 rings (SSSR count). The Balaban J connectivity index is 2.45. The minimum absolute atomic E-state index is 0.203. The summed E-state index contributed by atoms with van der Waals surface area (Å²) in [7, 11) is 1.23. The van der Waals surface area contributed by atoms with Gasteiger partial charge in [-0.15, -0.1) is 0 Å². The summed E-state index contributed by atoms with van der Waals surface area (Å²) in [6.45, 7) is 0.203. The maximum Gasteiger partial charge on any atom is 0.431 e. The largest absolute Gasteiger partial charge is 0.467 e. The molecule has 0 radical (unpaired) electrons. The van der Waals surface area contributed by atoms with E-state index in [1.165, 1.54) is 7.11 Å². The number of amides is 1. The molecule has 1 aliphatic heterocycles. The summed E-state index contributed by atoms with van der Waals surface area (Å²) >= 11 is 0. The molecule has 1 unspecified atom stereocenters. The van der Waals surface area contributed by atoms with Crippen molar-refractivity contribution in [3.63, 3.8) is 0 Å². The third kappa shape index (κ3) is 1.65. The van der Waals surface area contributed by atoms with Crippen LogP contribution in [0.25, 0.3) is 0 Å². The summed E-state index contributed by atoms with van der Waals surface area (Å²) < 4.78 is 4.38. The zero-order valence-electron chi connectivity index (χ0n) is 6.52. The van der Waals surface area contributed by atoms with Gasteiger partial charge in [0.1, 0.15) is 0 Å². The third-order valence-electron chi connectivity index (χ3n) is 1.53. The van der Waals surface area contributed by atoms with Crippen molar-refractivity contribution in [2.75, 3.05) is 13.7 Å². The lowest BCUT2D eigenvalue weighted by molar-refractivity contribution is -0.170. The lowest BCUT2D eigenvalue weighted by Crippen LogP contribution is -2.28. The monoisotopic (exact) mass is 175 g/mol. The molecular weight excluding hydrogens is 166 g/mol. The number of nitrogens with zero attached hydrogens (tertiary/aromatic N) is 1. The molecule has 1 amide bonds. The lowest BCUT2D eigenvalue weighted by atomic mass is 10.3. The Labute approximate surface area is 68.6 Å². The fraction of sp³-hybridized carbons (Fsp3) is 0.667. The maximum atomic E-state index is 10.8. The lowest BCUT2D eigenvalue weighted by Gasteiger charge is -2.10. The molecule has 0 aromatic rings. The zero-order valence-corrected chi connectivity index (χ0v) is 6.52. The van der Waals surface area contributed by atoms with E-state index < -0.39 is 18.2 Å². The second kappa shape index (κ2) is 3.40. The van der Waals surface area contributed by atoms with E-state index in [1.807, 2.05) is 0 Å². The molecule has 0 bridgehead atoms. The summed E-state index contributed by atoms with van der Waals surface area (Å²) in [5, 5.41) is 9.16. The Hall–Kier alpha value is -1.30. The van der Waals surface area contributed by atoms with Crippen LogP contribution in [0.4, 0.5) is 4.79 Å². The highest BCUT2D eigenvalue weighted by Crippen LogP contribution is 2.14. The van der Waals surface area contributed by atoms with Crippen LogP contribution in [-0.2, 0) is 14.4 Å². The molecule has 0 spiro atoms. The fourth-order valence-electron chi connectivity index (χ4n) is 0.927. The van der Waals surface area contributed by atoms with E-state index in [4.69, 9.17) is 9.94 Å². The minimum atomic E-state index is -1.19. The number of carbonyl (C=O) groups is 2. The van der Waals surface area contributed by atoms with Crippen molar-refractivity contribution in [3.05, 3.63) is 0 Å². The molecule has 0 aliphatic carbocycles. The van der Waals surface area contributed by atoms with Gasteiger partial charge in [-0.3, -0.25) is 4.84 Å². The summed E-state index contributed by atoms with van der Waals surface area (Å²) in [6, 6.07) is 0. The van der Waals surface area contributed by atoms with Crippen LogP contribution in [0, 0.1) is 0 Å². The Morgan fingerprint density at radius 2 is 2.33 bits per heavy atom. The molecule has 68 valence electrons.